The van der Waals surface area contributed by atoms with Crippen LogP contribution in [0.2, 0.25) is 5.02 Å². The summed E-state index contributed by atoms with van der Waals surface area (Å²) in [5.41, 5.74) is 1.63. The Morgan fingerprint density at radius 3 is 2.32 bits per heavy atom. The van der Waals surface area contributed by atoms with Crippen molar-refractivity contribution in [1.82, 2.24) is 4.98 Å². The van der Waals surface area contributed by atoms with E-state index >= 15 is 0 Å². The smallest absolute Gasteiger partial charge is 0.233 e. The first-order chi connectivity index (χ1) is 11.9. The topological polar surface area (TPSA) is 72.2 Å². The fourth-order valence-corrected chi connectivity index (χ4v) is 3.71. The normalized spacial score (nSPS) is 11.5. The van der Waals surface area contributed by atoms with Gasteiger partial charge in [0.2, 0.25) is 26.6 Å². The molecule has 0 aliphatic heterocycles. The number of benzene rings is 2. The molecule has 2 aromatic carbocycles. The Balaban J connectivity index is 2.11. The number of hydrogen-bond acceptors (Lipinski definition) is 5. The van der Waals surface area contributed by atoms with Crippen molar-refractivity contribution in [2.24, 2.45) is 0 Å². The lowest BCUT2D eigenvalue weighted by Crippen LogP contribution is -2.07. The molecule has 0 aliphatic carbocycles. The van der Waals surface area contributed by atoms with Gasteiger partial charge >= 0.3 is 0 Å². The minimum atomic E-state index is -3.80. The van der Waals surface area contributed by atoms with Crippen molar-refractivity contribution < 1.29 is 12.8 Å². The number of nitrogens with zero attached hydrogens (tertiary/aromatic N) is 1. The molecule has 1 heterocycles. The maximum absolute atomic E-state index is 13.0. The van der Waals surface area contributed by atoms with E-state index in [4.69, 9.17) is 16.0 Å². The SMILES string of the molecule is CCNc1oc(-c2ccc(Cl)cc2)nc1S(=O)(=O)c1ccc(C)cc1. The van der Waals surface area contributed by atoms with Crippen LogP contribution in [0.1, 0.15) is 12.5 Å². The third-order valence-corrected chi connectivity index (χ3v) is 5.54. The molecular formula is C18H17ClN2O3S. The summed E-state index contributed by atoms with van der Waals surface area (Å²) >= 11 is 5.89. The number of nitrogens with one attached hydrogen (secondary N) is 1. The van der Waals surface area contributed by atoms with Crippen molar-refractivity contribution >= 4 is 27.3 Å². The Morgan fingerprint density at radius 1 is 1.08 bits per heavy atom. The molecule has 5 nitrogen and oxygen atoms in total. The maximum Gasteiger partial charge on any atom is 0.233 e. The number of halogens is 1. The monoisotopic (exact) mass is 376 g/mol. The van der Waals surface area contributed by atoms with E-state index in [0.29, 0.717) is 17.1 Å². The molecule has 0 unspecified atom stereocenters. The Morgan fingerprint density at radius 2 is 1.72 bits per heavy atom. The van der Waals surface area contributed by atoms with Gasteiger partial charge in [0, 0.05) is 17.1 Å². The second kappa shape index (κ2) is 6.90. The lowest BCUT2D eigenvalue weighted by Gasteiger charge is -2.04. The number of aromatic nitrogens is 1. The van der Waals surface area contributed by atoms with Crippen molar-refractivity contribution in [2.75, 3.05) is 11.9 Å². The molecule has 7 heteroatoms. The molecule has 1 N–H and O–H groups in total. The van der Waals surface area contributed by atoms with Gasteiger partial charge in [-0.25, -0.2) is 8.42 Å². The minimum absolute atomic E-state index is 0.122. The summed E-state index contributed by atoms with van der Waals surface area (Å²) in [5.74, 6) is 0.353. The van der Waals surface area contributed by atoms with Gasteiger partial charge in [-0.2, -0.15) is 4.98 Å². The van der Waals surface area contributed by atoms with Crippen LogP contribution in [0.25, 0.3) is 11.5 Å². The van der Waals surface area contributed by atoms with Gasteiger partial charge in [-0.15, -0.1) is 0 Å². The van der Waals surface area contributed by atoms with Gasteiger partial charge < -0.3 is 9.73 Å². The summed E-state index contributed by atoms with van der Waals surface area (Å²) in [5, 5.41) is 3.39. The van der Waals surface area contributed by atoms with E-state index in [0.717, 1.165) is 5.56 Å². The number of anilines is 1. The number of hydrogen-bond donors (Lipinski definition) is 1. The molecule has 0 radical (unpaired) electrons. The number of sulfone groups is 1. The average molecular weight is 377 g/mol. The first kappa shape index (κ1) is 17.5. The maximum atomic E-state index is 13.0. The Bertz CT molecular complexity index is 978. The predicted molar refractivity (Wildman–Crippen MR) is 97.7 cm³/mol. The summed E-state index contributed by atoms with van der Waals surface area (Å²) in [6.45, 7) is 4.26. The quantitative estimate of drug-likeness (QED) is 0.706. The zero-order chi connectivity index (χ0) is 18.0. The van der Waals surface area contributed by atoms with E-state index in [-0.39, 0.29) is 21.7 Å². The third-order valence-electron chi connectivity index (χ3n) is 3.61. The minimum Gasteiger partial charge on any atom is -0.419 e. The highest BCUT2D eigenvalue weighted by atomic mass is 35.5. The summed E-state index contributed by atoms with van der Waals surface area (Å²) in [6.07, 6.45) is 0. The van der Waals surface area contributed by atoms with E-state index in [1.807, 2.05) is 13.8 Å². The zero-order valence-corrected chi connectivity index (χ0v) is 15.4. The summed E-state index contributed by atoms with van der Waals surface area (Å²) in [6, 6.07) is 13.5. The fourth-order valence-electron chi connectivity index (χ4n) is 2.31. The van der Waals surface area contributed by atoms with Gasteiger partial charge in [0.15, 0.2) is 0 Å². The Hall–Kier alpha value is -2.31. The van der Waals surface area contributed by atoms with Gasteiger partial charge in [-0.05, 0) is 50.2 Å². The van der Waals surface area contributed by atoms with Crippen LogP contribution < -0.4 is 5.32 Å². The highest BCUT2D eigenvalue weighted by molar-refractivity contribution is 7.91. The van der Waals surface area contributed by atoms with E-state index in [1.54, 1.807) is 48.5 Å². The van der Waals surface area contributed by atoms with Gasteiger partial charge in [0.05, 0.1) is 4.90 Å². The van der Waals surface area contributed by atoms with E-state index < -0.39 is 9.84 Å². The largest absolute Gasteiger partial charge is 0.419 e. The summed E-state index contributed by atoms with van der Waals surface area (Å²) < 4.78 is 31.6. The molecular weight excluding hydrogens is 360 g/mol. The molecule has 3 rings (SSSR count). The fraction of sp³-hybridized carbons (Fsp3) is 0.167. The van der Waals surface area contributed by atoms with Crippen LogP contribution in [0, 0.1) is 6.92 Å². The second-order valence-corrected chi connectivity index (χ2v) is 7.81. The van der Waals surface area contributed by atoms with Crippen LogP contribution in [0.15, 0.2) is 62.9 Å². The lowest BCUT2D eigenvalue weighted by atomic mass is 10.2. The summed E-state index contributed by atoms with van der Waals surface area (Å²) in [7, 11) is -3.80. The van der Waals surface area contributed by atoms with Crippen LogP contribution in [0.4, 0.5) is 5.88 Å². The summed E-state index contributed by atoms with van der Waals surface area (Å²) in [4.78, 5) is 4.41. The highest BCUT2D eigenvalue weighted by Crippen LogP contribution is 2.32. The van der Waals surface area contributed by atoms with Crippen molar-refractivity contribution in [3.63, 3.8) is 0 Å². The van der Waals surface area contributed by atoms with Crippen LogP contribution in [0.3, 0.4) is 0 Å². The van der Waals surface area contributed by atoms with E-state index in [1.165, 1.54) is 0 Å². The van der Waals surface area contributed by atoms with Crippen LogP contribution in [-0.2, 0) is 9.84 Å². The molecule has 0 saturated carbocycles. The van der Waals surface area contributed by atoms with E-state index in [2.05, 4.69) is 10.3 Å². The van der Waals surface area contributed by atoms with Gasteiger partial charge in [-0.3, -0.25) is 0 Å². The van der Waals surface area contributed by atoms with Gasteiger partial charge in [0.25, 0.3) is 0 Å². The zero-order valence-electron chi connectivity index (χ0n) is 13.8. The molecule has 130 valence electrons. The average Bonchev–Trinajstić information content (AvgIpc) is 3.01. The first-order valence-corrected chi connectivity index (χ1v) is 9.60. The van der Waals surface area contributed by atoms with Crippen LogP contribution in [0.5, 0.6) is 0 Å². The van der Waals surface area contributed by atoms with Crippen LogP contribution in [-0.4, -0.2) is 19.9 Å². The standard InChI is InChI=1S/C18H17ClN2O3S/c1-3-20-17-18(25(22,23)15-10-4-12(2)5-11-15)21-16(24-17)13-6-8-14(19)9-7-13/h4-11,20H,3H2,1-2H3. The molecule has 1 aromatic heterocycles. The van der Waals surface area contributed by atoms with E-state index in [9.17, 15) is 8.42 Å². The molecule has 3 aromatic rings. The van der Waals surface area contributed by atoms with Crippen LogP contribution >= 0.6 is 11.6 Å². The molecule has 25 heavy (non-hydrogen) atoms. The van der Waals surface area contributed by atoms with Crippen molar-refractivity contribution in [2.45, 2.75) is 23.8 Å². The van der Waals surface area contributed by atoms with Crippen molar-refractivity contribution in [1.29, 1.82) is 0 Å². The van der Waals surface area contributed by atoms with Gasteiger partial charge in [0.1, 0.15) is 0 Å². The number of aryl methyl sites for hydroxylation is 1. The molecule has 0 aliphatic rings. The molecule has 0 saturated heterocycles. The Labute approximate surface area is 151 Å². The van der Waals surface area contributed by atoms with Crippen molar-refractivity contribution in [3.8, 4) is 11.5 Å². The lowest BCUT2D eigenvalue weighted by molar-refractivity contribution is 0.578. The van der Waals surface area contributed by atoms with Crippen molar-refractivity contribution in [3.05, 3.63) is 59.1 Å². The highest BCUT2D eigenvalue weighted by Gasteiger charge is 2.28. The molecule has 0 spiro atoms. The van der Waals surface area contributed by atoms with Gasteiger partial charge in [-0.1, -0.05) is 29.3 Å². The number of rotatable bonds is 5. The predicted octanol–water partition coefficient (Wildman–Crippen LogP) is 4.57. The number of oxazole rings is 1. The Kier molecular flexibility index (Phi) is 4.83. The third kappa shape index (κ3) is 3.55. The molecule has 0 atom stereocenters. The second-order valence-electron chi connectivity index (χ2n) is 5.51. The molecule has 0 fully saturated rings. The molecule has 0 amide bonds. The molecule has 0 bridgehead atoms. The first-order valence-electron chi connectivity index (χ1n) is 7.74.